The molecule has 0 N–H and O–H groups in total. The first-order valence-electron chi connectivity index (χ1n) is 11.3. The van der Waals surface area contributed by atoms with E-state index in [4.69, 9.17) is 9.47 Å². The molecule has 0 radical (unpaired) electrons. The second-order valence-electron chi connectivity index (χ2n) is 8.81. The van der Waals surface area contributed by atoms with Crippen LogP contribution < -0.4 is 0 Å². The van der Waals surface area contributed by atoms with Crippen molar-refractivity contribution in [2.75, 3.05) is 46.0 Å². The summed E-state index contributed by atoms with van der Waals surface area (Å²) in [5.41, 5.74) is 0.501. The highest BCUT2D eigenvalue weighted by Crippen LogP contribution is 2.46. The number of aromatic nitrogens is 1. The van der Waals surface area contributed by atoms with Gasteiger partial charge >= 0.3 is 5.97 Å². The van der Waals surface area contributed by atoms with Gasteiger partial charge in [0.2, 0.25) is 5.91 Å². The molecule has 1 atom stereocenters. The quantitative estimate of drug-likeness (QED) is 0.637. The third-order valence-corrected chi connectivity index (χ3v) is 6.76. The maximum Gasteiger partial charge on any atom is 0.312 e. The van der Waals surface area contributed by atoms with Gasteiger partial charge in [-0.25, -0.2) is 0 Å². The van der Waals surface area contributed by atoms with Gasteiger partial charge in [0.1, 0.15) is 6.04 Å². The number of amides is 1. The van der Waals surface area contributed by atoms with Gasteiger partial charge in [-0.05, 0) is 43.7 Å². The lowest BCUT2D eigenvalue weighted by Crippen LogP contribution is -2.52. The maximum atomic E-state index is 13.6. The Morgan fingerprint density at radius 3 is 2.57 bits per heavy atom. The van der Waals surface area contributed by atoms with Crippen LogP contribution in [-0.2, 0) is 19.1 Å². The van der Waals surface area contributed by atoms with Crippen LogP contribution in [0.4, 0.5) is 0 Å². The monoisotopic (exact) mass is 415 g/mol. The van der Waals surface area contributed by atoms with Crippen molar-refractivity contribution in [3.8, 4) is 0 Å². The average molecular weight is 416 g/mol. The van der Waals surface area contributed by atoms with E-state index in [1.54, 1.807) is 12.4 Å². The third kappa shape index (κ3) is 4.67. The fourth-order valence-electron chi connectivity index (χ4n) is 4.86. The molecule has 2 aliphatic heterocycles. The molecule has 1 aromatic heterocycles. The second-order valence-corrected chi connectivity index (χ2v) is 8.81. The van der Waals surface area contributed by atoms with Gasteiger partial charge in [-0.15, -0.1) is 0 Å². The van der Waals surface area contributed by atoms with Crippen molar-refractivity contribution >= 4 is 11.9 Å². The minimum Gasteiger partial charge on any atom is -0.466 e. The van der Waals surface area contributed by atoms with Crippen LogP contribution in [0.15, 0.2) is 24.5 Å². The predicted molar refractivity (Wildman–Crippen MR) is 112 cm³/mol. The van der Waals surface area contributed by atoms with Crippen LogP contribution in [0.2, 0.25) is 0 Å². The fourth-order valence-corrected chi connectivity index (χ4v) is 4.86. The van der Waals surface area contributed by atoms with Crippen LogP contribution in [-0.4, -0.2) is 72.7 Å². The molecule has 3 heterocycles. The summed E-state index contributed by atoms with van der Waals surface area (Å²) in [6.07, 6.45) is 8.24. The molecular formula is C23H33N3O4. The zero-order valence-electron chi connectivity index (χ0n) is 17.9. The summed E-state index contributed by atoms with van der Waals surface area (Å²) in [6, 6.07) is 3.51. The molecule has 1 aromatic rings. The van der Waals surface area contributed by atoms with E-state index >= 15 is 0 Å². The largest absolute Gasteiger partial charge is 0.466 e. The first-order valence-corrected chi connectivity index (χ1v) is 11.3. The van der Waals surface area contributed by atoms with E-state index in [2.05, 4.69) is 9.88 Å². The minimum atomic E-state index is -0.420. The van der Waals surface area contributed by atoms with Crippen LogP contribution in [0.1, 0.15) is 50.6 Å². The summed E-state index contributed by atoms with van der Waals surface area (Å²) >= 11 is 0. The molecule has 3 aliphatic rings. The van der Waals surface area contributed by atoms with Crippen molar-refractivity contribution in [3.05, 3.63) is 30.1 Å². The van der Waals surface area contributed by atoms with Crippen molar-refractivity contribution in [1.82, 2.24) is 14.8 Å². The van der Waals surface area contributed by atoms with Crippen molar-refractivity contribution in [1.29, 1.82) is 0 Å². The maximum absolute atomic E-state index is 13.6. The molecule has 30 heavy (non-hydrogen) atoms. The number of esters is 1. The standard InChI is InChI=1S/C23H33N3O4/c1-2-30-22(28)23(16-18-5-6-18)7-10-26(11-8-23)21(27)20(19-4-3-9-24-17-19)25-12-14-29-15-13-25/h3-4,9,17-18,20H,2,5-8,10-16H2,1H3. The van der Waals surface area contributed by atoms with E-state index in [1.807, 2.05) is 24.0 Å². The normalized spacial score (nSPS) is 23.0. The number of likely N-dealkylation sites (tertiary alicyclic amines) is 1. The van der Waals surface area contributed by atoms with Crippen molar-refractivity contribution < 1.29 is 19.1 Å². The Balaban J connectivity index is 1.48. The highest BCUT2D eigenvalue weighted by molar-refractivity contribution is 5.84. The van der Waals surface area contributed by atoms with Crippen molar-refractivity contribution in [3.63, 3.8) is 0 Å². The van der Waals surface area contributed by atoms with E-state index in [9.17, 15) is 9.59 Å². The topological polar surface area (TPSA) is 72.0 Å². The third-order valence-electron chi connectivity index (χ3n) is 6.76. The van der Waals surface area contributed by atoms with Crippen LogP contribution in [0.25, 0.3) is 0 Å². The number of rotatable bonds is 7. The Hall–Kier alpha value is -1.99. The van der Waals surface area contributed by atoms with Crippen LogP contribution >= 0.6 is 0 Å². The van der Waals surface area contributed by atoms with Gasteiger partial charge in [0, 0.05) is 38.6 Å². The van der Waals surface area contributed by atoms with E-state index in [0.717, 1.165) is 25.1 Å². The number of pyridine rings is 1. The molecule has 0 bridgehead atoms. The van der Waals surface area contributed by atoms with Gasteiger partial charge in [-0.1, -0.05) is 18.9 Å². The Morgan fingerprint density at radius 1 is 1.23 bits per heavy atom. The number of hydrogen-bond acceptors (Lipinski definition) is 6. The highest BCUT2D eigenvalue weighted by atomic mass is 16.5. The smallest absolute Gasteiger partial charge is 0.312 e. The van der Waals surface area contributed by atoms with Gasteiger partial charge in [0.05, 0.1) is 25.2 Å². The van der Waals surface area contributed by atoms with E-state index in [-0.39, 0.29) is 17.9 Å². The number of morpholine rings is 1. The molecule has 3 fully saturated rings. The Bertz CT molecular complexity index is 723. The molecule has 1 amide bonds. The molecule has 0 aromatic carbocycles. The lowest BCUT2D eigenvalue weighted by atomic mass is 9.74. The molecule has 2 saturated heterocycles. The molecule has 4 rings (SSSR count). The van der Waals surface area contributed by atoms with Crippen LogP contribution in [0.3, 0.4) is 0 Å². The van der Waals surface area contributed by atoms with E-state index < -0.39 is 5.41 Å². The zero-order valence-corrected chi connectivity index (χ0v) is 17.9. The molecule has 0 spiro atoms. The molecule has 7 nitrogen and oxygen atoms in total. The van der Waals surface area contributed by atoms with Gasteiger partial charge in [-0.3, -0.25) is 19.5 Å². The SMILES string of the molecule is CCOC(=O)C1(CC2CC2)CCN(C(=O)C(c2cccnc2)N2CCOCC2)CC1. The first kappa shape index (κ1) is 21.2. The average Bonchev–Trinajstić information content (AvgIpc) is 3.60. The number of carbonyl (C=O) groups excluding carboxylic acids is 2. The van der Waals surface area contributed by atoms with Gasteiger partial charge in [0.15, 0.2) is 0 Å². The molecular weight excluding hydrogens is 382 g/mol. The Morgan fingerprint density at radius 2 is 1.97 bits per heavy atom. The van der Waals surface area contributed by atoms with Crippen molar-refractivity contribution in [2.45, 2.75) is 45.1 Å². The van der Waals surface area contributed by atoms with E-state index in [1.165, 1.54) is 12.8 Å². The molecule has 1 unspecified atom stereocenters. The lowest BCUT2D eigenvalue weighted by molar-refractivity contribution is -0.162. The predicted octanol–water partition coefficient (Wildman–Crippen LogP) is 2.43. The van der Waals surface area contributed by atoms with Gasteiger partial charge < -0.3 is 14.4 Å². The minimum absolute atomic E-state index is 0.0685. The summed E-state index contributed by atoms with van der Waals surface area (Å²) < 4.78 is 10.9. The molecule has 7 heteroatoms. The summed E-state index contributed by atoms with van der Waals surface area (Å²) in [5.74, 6) is 0.683. The highest BCUT2D eigenvalue weighted by Gasteiger charge is 2.47. The summed E-state index contributed by atoms with van der Waals surface area (Å²) in [7, 11) is 0. The number of piperidine rings is 1. The number of carbonyl (C=O) groups is 2. The van der Waals surface area contributed by atoms with E-state index in [0.29, 0.717) is 51.7 Å². The molecule has 1 aliphatic carbocycles. The second kappa shape index (κ2) is 9.43. The summed E-state index contributed by atoms with van der Waals surface area (Å²) in [4.78, 5) is 34.8. The molecule has 1 saturated carbocycles. The van der Waals surface area contributed by atoms with Crippen LogP contribution in [0, 0.1) is 11.3 Å². The van der Waals surface area contributed by atoms with Gasteiger partial charge in [0.25, 0.3) is 0 Å². The molecule has 164 valence electrons. The Kier molecular flexibility index (Phi) is 6.68. The number of ether oxygens (including phenoxy) is 2. The Labute approximate surface area is 178 Å². The number of nitrogens with zero attached hydrogens (tertiary/aromatic N) is 3. The lowest BCUT2D eigenvalue weighted by Gasteiger charge is -2.43. The number of hydrogen-bond donors (Lipinski definition) is 0. The zero-order chi connectivity index (χ0) is 21.0. The van der Waals surface area contributed by atoms with Crippen LogP contribution in [0.5, 0.6) is 0 Å². The first-order chi connectivity index (χ1) is 14.6. The fraction of sp³-hybridized carbons (Fsp3) is 0.696. The summed E-state index contributed by atoms with van der Waals surface area (Å²) in [6.45, 7) is 6.21. The summed E-state index contributed by atoms with van der Waals surface area (Å²) in [5, 5.41) is 0. The van der Waals surface area contributed by atoms with Crippen molar-refractivity contribution in [2.24, 2.45) is 11.3 Å². The van der Waals surface area contributed by atoms with Gasteiger partial charge in [-0.2, -0.15) is 0 Å².